The minimum atomic E-state index is -0.112. The Morgan fingerprint density at radius 1 is 0.344 bits per heavy atom. The molecule has 0 N–H and O–H groups in total. The predicted octanol–water partition coefficient (Wildman–Crippen LogP) is 16.7. The van der Waals surface area contributed by atoms with E-state index < -0.39 is 0 Å². The zero-order valence-electron chi connectivity index (χ0n) is 34.1. The Kier molecular flexibility index (Phi) is 7.92. The maximum Gasteiger partial charge on any atom is 0.143 e. The average molecular weight is 780 g/mol. The Morgan fingerprint density at radius 2 is 0.902 bits per heavy atom. The average Bonchev–Trinajstić information content (AvgIpc) is 3.80. The topological polar surface area (TPSA) is 16.4 Å². The first-order valence-electron chi connectivity index (χ1n) is 21.2. The first kappa shape index (κ1) is 35.3. The van der Waals surface area contributed by atoms with Crippen LogP contribution < -0.4 is 4.90 Å². The fourth-order valence-electron chi connectivity index (χ4n) is 9.98. The van der Waals surface area contributed by atoms with Crippen molar-refractivity contribution in [1.29, 1.82) is 0 Å². The van der Waals surface area contributed by atoms with Crippen LogP contribution in [-0.4, -0.2) is 0 Å². The molecule has 10 aromatic carbocycles. The zero-order chi connectivity index (χ0) is 40.7. The van der Waals surface area contributed by atoms with Crippen molar-refractivity contribution in [3.05, 3.63) is 223 Å². The molecule has 0 radical (unpaired) electrons. The lowest BCUT2D eigenvalue weighted by atomic mass is 9.82. The molecule has 12 rings (SSSR count). The highest BCUT2D eigenvalue weighted by Gasteiger charge is 2.35. The SMILES string of the molecule is CC1(C)c2ccccc2-c2ccc(N(c3ccc(-c4cc5c(cc4-c4ccccc4)oc4c6ccccc6c(-c6ccccc6)cc54)cc3)c3ccc4ccccc4c3)cc21. The highest BCUT2D eigenvalue weighted by atomic mass is 16.3. The van der Waals surface area contributed by atoms with E-state index in [0.29, 0.717) is 0 Å². The first-order chi connectivity index (χ1) is 30.0. The van der Waals surface area contributed by atoms with Crippen LogP contribution in [0.1, 0.15) is 25.0 Å². The minimum absolute atomic E-state index is 0.112. The molecule has 0 spiro atoms. The van der Waals surface area contributed by atoms with Gasteiger partial charge in [-0.05, 0) is 126 Å². The van der Waals surface area contributed by atoms with Crippen molar-refractivity contribution in [2.75, 3.05) is 4.90 Å². The summed E-state index contributed by atoms with van der Waals surface area (Å²) in [5, 5.41) is 6.98. The molecule has 2 nitrogen and oxygen atoms in total. The van der Waals surface area contributed by atoms with Crippen LogP contribution in [0.15, 0.2) is 217 Å². The summed E-state index contributed by atoms with van der Waals surface area (Å²) < 4.78 is 6.85. The van der Waals surface area contributed by atoms with Gasteiger partial charge in [-0.2, -0.15) is 0 Å². The first-order valence-corrected chi connectivity index (χ1v) is 21.2. The summed E-state index contributed by atoms with van der Waals surface area (Å²) in [5.74, 6) is 0. The van der Waals surface area contributed by atoms with Crippen molar-refractivity contribution in [3.63, 3.8) is 0 Å². The number of furan rings is 1. The summed E-state index contributed by atoms with van der Waals surface area (Å²) in [7, 11) is 0. The predicted molar refractivity (Wildman–Crippen MR) is 257 cm³/mol. The van der Waals surface area contributed by atoms with Gasteiger partial charge >= 0.3 is 0 Å². The van der Waals surface area contributed by atoms with Crippen LogP contribution in [0.4, 0.5) is 17.1 Å². The highest BCUT2D eigenvalue weighted by molar-refractivity contribution is 6.20. The Hall–Kier alpha value is -7.68. The van der Waals surface area contributed by atoms with Crippen LogP contribution in [0, 0.1) is 0 Å². The lowest BCUT2D eigenvalue weighted by molar-refractivity contribution is 0.660. The molecule has 1 aromatic heterocycles. The normalized spacial score (nSPS) is 12.9. The zero-order valence-corrected chi connectivity index (χ0v) is 34.1. The summed E-state index contributed by atoms with van der Waals surface area (Å²) >= 11 is 0. The number of hydrogen-bond acceptors (Lipinski definition) is 2. The molecule has 1 aliphatic rings. The maximum atomic E-state index is 6.85. The number of anilines is 3. The Morgan fingerprint density at radius 3 is 1.69 bits per heavy atom. The monoisotopic (exact) mass is 779 g/mol. The van der Waals surface area contributed by atoms with Gasteiger partial charge in [0, 0.05) is 38.6 Å². The lowest BCUT2D eigenvalue weighted by Gasteiger charge is -2.28. The van der Waals surface area contributed by atoms with Gasteiger partial charge in [0.2, 0.25) is 0 Å². The second kappa shape index (κ2) is 13.7. The second-order valence-electron chi connectivity index (χ2n) is 16.9. The van der Waals surface area contributed by atoms with Gasteiger partial charge in [0.15, 0.2) is 0 Å². The van der Waals surface area contributed by atoms with Crippen LogP contribution in [0.3, 0.4) is 0 Å². The molecule has 61 heavy (non-hydrogen) atoms. The van der Waals surface area contributed by atoms with Gasteiger partial charge in [-0.3, -0.25) is 0 Å². The molecule has 11 aromatic rings. The molecule has 0 amide bonds. The molecule has 1 aliphatic carbocycles. The van der Waals surface area contributed by atoms with Gasteiger partial charge in [0.25, 0.3) is 0 Å². The van der Waals surface area contributed by atoms with Crippen LogP contribution >= 0.6 is 0 Å². The molecular weight excluding hydrogens is 739 g/mol. The minimum Gasteiger partial charge on any atom is -0.455 e. The van der Waals surface area contributed by atoms with Crippen molar-refractivity contribution >= 4 is 60.5 Å². The fourth-order valence-corrected chi connectivity index (χ4v) is 9.98. The van der Waals surface area contributed by atoms with Crippen molar-refractivity contribution in [1.82, 2.24) is 0 Å². The third kappa shape index (κ3) is 5.64. The number of hydrogen-bond donors (Lipinski definition) is 0. The number of nitrogens with zero attached hydrogens (tertiary/aromatic N) is 1. The van der Waals surface area contributed by atoms with E-state index in [2.05, 4.69) is 231 Å². The van der Waals surface area contributed by atoms with Crippen molar-refractivity contribution in [2.24, 2.45) is 0 Å². The Labute approximate surface area is 355 Å². The molecule has 0 aliphatic heterocycles. The van der Waals surface area contributed by atoms with Gasteiger partial charge in [0.1, 0.15) is 11.2 Å². The molecule has 288 valence electrons. The maximum absolute atomic E-state index is 6.85. The van der Waals surface area contributed by atoms with Crippen molar-refractivity contribution < 1.29 is 4.42 Å². The van der Waals surface area contributed by atoms with E-state index in [9.17, 15) is 0 Å². The van der Waals surface area contributed by atoms with Gasteiger partial charge in [-0.1, -0.05) is 172 Å². The summed E-state index contributed by atoms with van der Waals surface area (Å²) in [4.78, 5) is 2.41. The van der Waals surface area contributed by atoms with E-state index in [4.69, 9.17) is 4.42 Å². The Balaban J connectivity index is 1.04. The van der Waals surface area contributed by atoms with Crippen LogP contribution in [0.25, 0.3) is 88.0 Å². The van der Waals surface area contributed by atoms with Crippen molar-refractivity contribution in [3.8, 4) is 44.5 Å². The molecule has 0 fully saturated rings. The number of rotatable bonds is 6. The quantitative estimate of drug-likeness (QED) is 0.167. The van der Waals surface area contributed by atoms with Gasteiger partial charge in [-0.15, -0.1) is 0 Å². The van der Waals surface area contributed by atoms with E-state index >= 15 is 0 Å². The Bertz CT molecular complexity index is 3490. The van der Waals surface area contributed by atoms with E-state index in [-0.39, 0.29) is 5.41 Å². The summed E-state index contributed by atoms with van der Waals surface area (Å²) in [6.45, 7) is 4.71. The highest BCUT2D eigenvalue weighted by Crippen LogP contribution is 2.51. The molecule has 0 saturated carbocycles. The van der Waals surface area contributed by atoms with E-state index in [0.717, 1.165) is 66.6 Å². The van der Waals surface area contributed by atoms with Crippen LogP contribution in [0.5, 0.6) is 0 Å². The molecule has 0 saturated heterocycles. The second-order valence-corrected chi connectivity index (χ2v) is 16.9. The summed E-state index contributed by atoms with van der Waals surface area (Å²) in [6.07, 6.45) is 0. The van der Waals surface area contributed by atoms with Gasteiger partial charge < -0.3 is 9.32 Å². The largest absolute Gasteiger partial charge is 0.455 e. The van der Waals surface area contributed by atoms with E-state index in [1.54, 1.807) is 0 Å². The van der Waals surface area contributed by atoms with Crippen LogP contribution in [0.2, 0.25) is 0 Å². The van der Waals surface area contributed by atoms with Gasteiger partial charge in [-0.25, -0.2) is 0 Å². The molecule has 0 bridgehead atoms. The van der Waals surface area contributed by atoms with E-state index in [1.165, 1.54) is 49.5 Å². The molecular formula is C59H41NO. The standard InChI is InChI=1S/C59H41NO/c1-59(2)55-24-14-13-22-47(55)48-32-31-45(34-56(48)59)60(44-30-25-38-15-9-10-20-42(38)33-44)43-28-26-41(27-29-43)51-35-53-54-36-50(39-16-5-3-6-17-39)46-21-11-12-23-49(46)58(54)61-57(53)37-52(51)40-18-7-4-8-19-40/h3-37H,1-2H3. The summed E-state index contributed by atoms with van der Waals surface area (Å²) in [5.41, 5.74) is 17.4. The smallest absolute Gasteiger partial charge is 0.143 e. The third-order valence-corrected chi connectivity index (χ3v) is 13.0. The molecule has 0 unspecified atom stereocenters. The van der Waals surface area contributed by atoms with E-state index in [1.807, 2.05) is 0 Å². The van der Waals surface area contributed by atoms with Crippen molar-refractivity contribution in [2.45, 2.75) is 19.3 Å². The third-order valence-electron chi connectivity index (χ3n) is 13.0. The fraction of sp³-hybridized carbons (Fsp3) is 0.0508. The van der Waals surface area contributed by atoms with Crippen LogP contribution in [-0.2, 0) is 5.41 Å². The molecule has 1 heterocycles. The van der Waals surface area contributed by atoms with Gasteiger partial charge in [0.05, 0.1) is 0 Å². The molecule has 0 atom stereocenters. The number of benzene rings is 10. The number of fused-ring (bicyclic) bond motifs is 9. The summed E-state index contributed by atoms with van der Waals surface area (Å²) in [6, 6.07) is 77.4. The molecule has 2 heteroatoms. The lowest BCUT2D eigenvalue weighted by Crippen LogP contribution is -2.16.